The molecule has 0 atom stereocenters. The van der Waals surface area contributed by atoms with Gasteiger partial charge < -0.3 is 9.64 Å². The minimum absolute atomic E-state index is 0.00812. The number of benzene rings is 1. The molecule has 3 aromatic rings. The van der Waals surface area contributed by atoms with Crippen LogP contribution in [0.4, 0.5) is 4.79 Å². The van der Waals surface area contributed by atoms with E-state index in [4.69, 9.17) is 4.74 Å². The van der Waals surface area contributed by atoms with E-state index in [9.17, 15) is 9.59 Å². The first kappa shape index (κ1) is 19.0. The Bertz CT molecular complexity index is 1100. The predicted octanol–water partition coefficient (Wildman–Crippen LogP) is 3.98. The lowest BCUT2D eigenvalue weighted by Crippen LogP contribution is -2.43. The smallest absolute Gasteiger partial charge is 0.410 e. The third kappa shape index (κ3) is 3.41. The Morgan fingerprint density at radius 2 is 1.93 bits per heavy atom. The van der Waals surface area contributed by atoms with Crippen molar-refractivity contribution in [1.82, 2.24) is 19.1 Å². The number of carbonyl (C=O) groups excluding carboxylic acids is 1. The van der Waals surface area contributed by atoms with E-state index in [1.165, 1.54) is 0 Å². The standard InChI is InChI=1S/C20H23BrN4O3/c1-20(2,3)28-19(27)23-10-7-13(8-11-23)25-16(26)9-12-24-18(25)14-5-4-6-15(21)17(14)22-24/h4-6,9,12-13H,7-8,10-11H2,1-3H3. The molecule has 7 nitrogen and oxygen atoms in total. The number of ether oxygens (including phenoxy) is 1. The highest BCUT2D eigenvalue weighted by atomic mass is 79.9. The van der Waals surface area contributed by atoms with Gasteiger partial charge in [-0.1, -0.05) is 6.07 Å². The summed E-state index contributed by atoms with van der Waals surface area (Å²) in [4.78, 5) is 26.8. The molecule has 1 fully saturated rings. The lowest BCUT2D eigenvalue weighted by Gasteiger charge is -2.34. The second-order valence-corrected chi connectivity index (χ2v) is 8.98. The Kier molecular flexibility index (Phi) is 4.69. The molecule has 148 valence electrons. The van der Waals surface area contributed by atoms with Gasteiger partial charge in [-0.15, -0.1) is 0 Å². The largest absolute Gasteiger partial charge is 0.444 e. The first-order valence-electron chi connectivity index (χ1n) is 9.40. The Balaban J connectivity index is 1.67. The summed E-state index contributed by atoms with van der Waals surface area (Å²) in [5.74, 6) is 0. The van der Waals surface area contributed by atoms with Crippen molar-refractivity contribution in [1.29, 1.82) is 0 Å². The van der Waals surface area contributed by atoms with E-state index in [0.29, 0.717) is 25.9 Å². The number of fused-ring (bicyclic) bond motifs is 3. The zero-order valence-electron chi connectivity index (χ0n) is 16.2. The summed E-state index contributed by atoms with van der Waals surface area (Å²) in [5.41, 5.74) is 1.05. The van der Waals surface area contributed by atoms with Crippen LogP contribution in [-0.4, -0.2) is 43.9 Å². The minimum atomic E-state index is -0.514. The Labute approximate surface area is 171 Å². The van der Waals surface area contributed by atoms with Crippen LogP contribution in [0.5, 0.6) is 0 Å². The van der Waals surface area contributed by atoms with Crippen LogP contribution in [0.1, 0.15) is 39.7 Å². The second kappa shape index (κ2) is 6.92. The van der Waals surface area contributed by atoms with Crippen LogP contribution in [0.3, 0.4) is 0 Å². The van der Waals surface area contributed by atoms with E-state index < -0.39 is 5.60 Å². The number of likely N-dealkylation sites (tertiary alicyclic amines) is 1. The zero-order valence-corrected chi connectivity index (χ0v) is 17.8. The number of carbonyl (C=O) groups is 1. The number of aromatic nitrogens is 3. The highest BCUT2D eigenvalue weighted by Crippen LogP contribution is 2.30. The fraction of sp³-hybridized carbons (Fsp3) is 0.450. The normalized spacial score (nSPS) is 16.1. The molecule has 1 aliphatic heterocycles. The Morgan fingerprint density at radius 1 is 1.21 bits per heavy atom. The summed E-state index contributed by atoms with van der Waals surface area (Å²) in [6.45, 7) is 6.70. The van der Waals surface area contributed by atoms with Crippen LogP contribution in [0, 0.1) is 0 Å². The number of halogens is 1. The molecule has 0 aliphatic carbocycles. The van der Waals surface area contributed by atoms with Gasteiger partial charge in [-0.2, -0.15) is 5.10 Å². The predicted molar refractivity (Wildman–Crippen MR) is 111 cm³/mol. The second-order valence-electron chi connectivity index (χ2n) is 8.13. The fourth-order valence-corrected chi connectivity index (χ4v) is 4.17. The quantitative estimate of drug-likeness (QED) is 0.566. The van der Waals surface area contributed by atoms with Crippen molar-refractivity contribution in [3.63, 3.8) is 0 Å². The number of amides is 1. The van der Waals surface area contributed by atoms with Gasteiger partial charge in [-0.25, -0.2) is 9.31 Å². The first-order chi connectivity index (χ1) is 13.2. The van der Waals surface area contributed by atoms with E-state index in [1.54, 1.807) is 21.7 Å². The Hall–Kier alpha value is -2.35. The van der Waals surface area contributed by atoms with E-state index in [1.807, 2.05) is 43.5 Å². The average molecular weight is 447 g/mol. The van der Waals surface area contributed by atoms with E-state index in [-0.39, 0.29) is 17.7 Å². The van der Waals surface area contributed by atoms with Crippen LogP contribution < -0.4 is 5.56 Å². The molecule has 1 saturated heterocycles. The summed E-state index contributed by atoms with van der Waals surface area (Å²) in [6, 6.07) is 7.42. The summed E-state index contributed by atoms with van der Waals surface area (Å²) >= 11 is 3.54. The van der Waals surface area contributed by atoms with Crippen LogP contribution in [0.2, 0.25) is 0 Å². The maximum Gasteiger partial charge on any atom is 0.410 e. The van der Waals surface area contributed by atoms with E-state index in [2.05, 4.69) is 21.0 Å². The first-order valence-corrected chi connectivity index (χ1v) is 10.2. The summed E-state index contributed by atoms with van der Waals surface area (Å²) < 4.78 is 9.95. The summed E-state index contributed by atoms with van der Waals surface area (Å²) in [6.07, 6.45) is 2.80. The number of piperidine rings is 1. The monoisotopic (exact) mass is 446 g/mol. The van der Waals surface area contributed by atoms with Gasteiger partial charge in [0.15, 0.2) is 0 Å². The van der Waals surface area contributed by atoms with Crippen molar-refractivity contribution in [2.45, 2.75) is 45.3 Å². The number of nitrogens with zero attached hydrogens (tertiary/aromatic N) is 4. The highest BCUT2D eigenvalue weighted by Gasteiger charge is 2.29. The molecule has 4 rings (SSSR count). The van der Waals surface area contributed by atoms with Crippen molar-refractivity contribution in [2.24, 2.45) is 0 Å². The number of rotatable bonds is 1. The molecule has 1 aliphatic rings. The maximum atomic E-state index is 12.8. The molecule has 28 heavy (non-hydrogen) atoms. The zero-order chi connectivity index (χ0) is 20.1. The lowest BCUT2D eigenvalue weighted by atomic mass is 10.0. The maximum absolute atomic E-state index is 12.8. The van der Waals surface area contributed by atoms with Gasteiger partial charge in [0.25, 0.3) is 5.56 Å². The van der Waals surface area contributed by atoms with Gasteiger partial charge in [0.05, 0.1) is 0 Å². The third-order valence-electron chi connectivity index (χ3n) is 4.96. The van der Waals surface area contributed by atoms with Gasteiger partial charge in [0.1, 0.15) is 16.8 Å². The van der Waals surface area contributed by atoms with Gasteiger partial charge in [0.2, 0.25) is 0 Å². The molecule has 0 bridgehead atoms. The van der Waals surface area contributed by atoms with Crippen molar-refractivity contribution in [2.75, 3.05) is 13.1 Å². The van der Waals surface area contributed by atoms with Crippen molar-refractivity contribution in [3.05, 3.63) is 45.3 Å². The van der Waals surface area contributed by atoms with Crippen LogP contribution in [-0.2, 0) is 4.74 Å². The lowest BCUT2D eigenvalue weighted by molar-refractivity contribution is 0.0188. The van der Waals surface area contributed by atoms with Crippen LogP contribution >= 0.6 is 15.9 Å². The molecule has 0 spiro atoms. The molecule has 1 amide bonds. The topological polar surface area (TPSA) is 68.8 Å². The SMILES string of the molecule is CC(C)(C)OC(=O)N1CCC(n2c(=O)ccn3nc4c(Br)cccc4c23)CC1. The molecule has 0 saturated carbocycles. The molecule has 1 aromatic carbocycles. The van der Waals surface area contributed by atoms with Crippen molar-refractivity contribution < 1.29 is 9.53 Å². The average Bonchev–Trinajstić information content (AvgIpc) is 3.01. The van der Waals surface area contributed by atoms with E-state index in [0.717, 1.165) is 21.0 Å². The summed E-state index contributed by atoms with van der Waals surface area (Å²) in [5, 5.41) is 5.55. The van der Waals surface area contributed by atoms with Gasteiger partial charge in [0, 0.05) is 41.3 Å². The molecular weight excluding hydrogens is 424 g/mol. The third-order valence-corrected chi connectivity index (χ3v) is 5.60. The van der Waals surface area contributed by atoms with Gasteiger partial charge >= 0.3 is 6.09 Å². The number of hydrogen-bond donors (Lipinski definition) is 0. The molecule has 8 heteroatoms. The number of hydrogen-bond acceptors (Lipinski definition) is 4. The van der Waals surface area contributed by atoms with Crippen molar-refractivity contribution >= 4 is 38.6 Å². The molecule has 0 N–H and O–H groups in total. The van der Waals surface area contributed by atoms with Crippen molar-refractivity contribution in [3.8, 4) is 0 Å². The fourth-order valence-electron chi connectivity index (χ4n) is 3.73. The van der Waals surface area contributed by atoms with Gasteiger partial charge in [-0.05, 0) is 61.7 Å². The summed E-state index contributed by atoms with van der Waals surface area (Å²) in [7, 11) is 0. The van der Waals surface area contributed by atoms with Gasteiger partial charge in [-0.3, -0.25) is 9.36 Å². The van der Waals surface area contributed by atoms with E-state index >= 15 is 0 Å². The molecular formula is C20H23BrN4O3. The Morgan fingerprint density at radius 3 is 2.61 bits per heavy atom. The molecule has 2 aromatic heterocycles. The van der Waals surface area contributed by atoms with Crippen LogP contribution in [0.25, 0.3) is 16.6 Å². The molecule has 3 heterocycles. The minimum Gasteiger partial charge on any atom is -0.444 e. The van der Waals surface area contributed by atoms with Crippen LogP contribution in [0.15, 0.2) is 39.7 Å². The molecule has 0 radical (unpaired) electrons. The molecule has 0 unspecified atom stereocenters. The highest BCUT2D eigenvalue weighted by molar-refractivity contribution is 9.10.